The molecule has 0 bridgehead atoms. The number of hydrogen-bond acceptors (Lipinski definition) is 5. The molecule has 2 fully saturated rings. The number of piperidine rings is 1. The lowest BCUT2D eigenvalue weighted by atomic mass is 9.70. The van der Waals surface area contributed by atoms with Gasteiger partial charge in [-0.25, -0.2) is 4.79 Å². The number of aliphatic carboxylic acids is 1. The Hall–Kier alpha value is -3.41. The summed E-state index contributed by atoms with van der Waals surface area (Å²) >= 11 is 0. The summed E-state index contributed by atoms with van der Waals surface area (Å²) in [6, 6.07) is 12.4. The monoisotopic (exact) mass is 552 g/mol. The number of alkyl halides is 3. The molecule has 12 heteroatoms. The van der Waals surface area contributed by atoms with Crippen LogP contribution in [0.3, 0.4) is 0 Å². The predicted molar refractivity (Wildman–Crippen MR) is 136 cm³/mol. The molecule has 2 amide bonds. The fourth-order valence-electron chi connectivity index (χ4n) is 5.39. The molecule has 2 atom stereocenters. The normalized spacial score (nSPS) is 21.3. The average molecular weight is 553 g/mol. The largest absolute Gasteiger partial charge is 0.490 e. The summed E-state index contributed by atoms with van der Waals surface area (Å²) in [5, 5.41) is 11.7. The van der Waals surface area contributed by atoms with E-state index in [0.29, 0.717) is 32.7 Å². The second-order valence-electron chi connectivity index (χ2n) is 10.1. The van der Waals surface area contributed by atoms with E-state index >= 15 is 0 Å². The fourth-order valence-corrected chi connectivity index (χ4v) is 5.39. The number of aromatic nitrogens is 2. The molecule has 0 aliphatic carbocycles. The fraction of sp³-hybridized carbons (Fsp3) is 0.556. The standard InChI is InChI=1S/C25H34N4O3.C2HF3O2/c1-19(2)29-22(10-13-26-29)21-17-28(23(30)11-15-32-3)18-25(21)12-7-14-27(24(25)31)16-20-8-5-4-6-9-20;3-2(4,5)1(6)7/h4-6,8-10,13,19,21H,7,11-12,14-18H2,1-3H3;(H,6,7)/t21-,25+;/m0./s1. The smallest absolute Gasteiger partial charge is 0.475 e. The van der Waals surface area contributed by atoms with Crippen LogP contribution in [0.25, 0.3) is 0 Å². The van der Waals surface area contributed by atoms with Crippen molar-refractivity contribution in [3.8, 4) is 0 Å². The van der Waals surface area contributed by atoms with Gasteiger partial charge >= 0.3 is 12.1 Å². The van der Waals surface area contributed by atoms with E-state index in [0.717, 1.165) is 30.6 Å². The Kier molecular flexibility index (Phi) is 9.76. The number of carbonyl (C=O) groups is 3. The lowest BCUT2D eigenvalue weighted by Gasteiger charge is -2.42. The quantitative estimate of drug-likeness (QED) is 0.559. The summed E-state index contributed by atoms with van der Waals surface area (Å²) in [6.45, 7) is 6.97. The molecule has 1 spiro atoms. The molecule has 2 saturated heterocycles. The van der Waals surface area contributed by atoms with Crippen molar-refractivity contribution >= 4 is 17.8 Å². The summed E-state index contributed by atoms with van der Waals surface area (Å²) < 4.78 is 38.9. The van der Waals surface area contributed by atoms with Crippen molar-refractivity contribution in [3.05, 3.63) is 53.9 Å². The minimum atomic E-state index is -5.08. The highest BCUT2D eigenvalue weighted by atomic mass is 19.4. The van der Waals surface area contributed by atoms with Crippen LogP contribution < -0.4 is 0 Å². The molecule has 9 nitrogen and oxygen atoms in total. The van der Waals surface area contributed by atoms with Crippen LogP contribution in [-0.2, 0) is 25.7 Å². The van der Waals surface area contributed by atoms with E-state index in [9.17, 15) is 22.8 Å². The maximum Gasteiger partial charge on any atom is 0.490 e. The third-order valence-corrected chi connectivity index (χ3v) is 7.19. The topological polar surface area (TPSA) is 105 Å². The van der Waals surface area contributed by atoms with Gasteiger partial charge in [-0.15, -0.1) is 0 Å². The van der Waals surface area contributed by atoms with Gasteiger partial charge in [0.2, 0.25) is 11.8 Å². The number of methoxy groups -OCH3 is 1. The molecule has 4 rings (SSSR count). The Morgan fingerprint density at radius 2 is 1.87 bits per heavy atom. The number of rotatable bonds is 7. The van der Waals surface area contributed by atoms with Gasteiger partial charge < -0.3 is 19.6 Å². The van der Waals surface area contributed by atoms with Crippen LogP contribution in [0.2, 0.25) is 0 Å². The Labute approximate surface area is 225 Å². The van der Waals surface area contributed by atoms with Crippen LogP contribution in [0.4, 0.5) is 13.2 Å². The first-order chi connectivity index (χ1) is 18.4. The minimum absolute atomic E-state index is 0.0531. The van der Waals surface area contributed by atoms with Crippen LogP contribution >= 0.6 is 0 Å². The summed E-state index contributed by atoms with van der Waals surface area (Å²) in [7, 11) is 1.61. The molecule has 0 radical (unpaired) electrons. The van der Waals surface area contributed by atoms with Gasteiger partial charge in [0.25, 0.3) is 0 Å². The molecular formula is C27H35F3N4O5. The van der Waals surface area contributed by atoms with Gasteiger partial charge in [0.15, 0.2) is 0 Å². The summed E-state index contributed by atoms with van der Waals surface area (Å²) in [5.41, 5.74) is 1.58. The van der Waals surface area contributed by atoms with E-state index in [2.05, 4.69) is 31.1 Å². The second kappa shape index (κ2) is 12.6. The highest BCUT2D eigenvalue weighted by Gasteiger charge is 2.57. The number of likely N-dealkylation sites (tertiary alicyclic amines) is 2. The van der Waals surface area contributed by atoms with Gasteiger partial charge in [-0.3, -0.25) is 14.3 Å². The van der Waals surface area contributed by atoms with Gasteiger partial charge in [0.1, 0.15) is 0 Å². The Bertz CT molecular complexity index is 1140. The predicted octanol–water partition coefficient (Wildman–Crippen LogP) is 3.87. The van der Waals surface area contributed by atoms with E-state index in [-0.39, 0.29) is 23.8 Å². The highest BCUT2D eigenvalue weighted by Crippen LogP contribution is 2.50. The zero-order valence-corrected chi connectivity index (χ0v) is 22.4. The van der Waals surface area contributed by atoms with E-state index in [1.165, 1.54) is 0 Å². The number of carboxylic acid groups (broad SMARTS) is 1. The molecule has 214 valence electrons. The first-order valence-corrected chi connectivity index (χ1v) is 12.8. The van der Waals surface area contributed by atoms with Gasteiger partial charge in [-0.2, -0.15) is 18.3 Å². The molecule has 1 N–H and O–H groups in total. The third kappa shape index (κ3) is 6.97. The molecule has 3 heterocycles. The van der Waals surface area contributed by atoms with Crippen molar-refractivity contribution in [2.45, 2.75) is 57.8 Å². The number of ether oxygens (including phenoxy) is 1. The molecule has 2 aliphatic rings. The van der Waals surface area contributed by atoms with Crippen LogP contribution in [0.1, 0.15) is 56.3 Å². The summed E-state index contributed by atoms with van der Waals surface area (Å²) in [6.07, 6.45) is -1.21. The number of carboxylic acids is 1. The van der Waals surface area contributed by atoms with Crippen molar-refractivity contribution in [2.75, 3.05) is 33.4 Å². The molecular weight excluding hydrogens is 517 g/mol. The zero-order chi connectivity index (χ0) is 28.8. The molecule has 2 aromatic rings. The molecule has 1 aromatic heterocycles. The Balaban J connectivity index is 0.000000532. The first kappa shape index (κ1) is 30.1. The number of carbonyl (C=O) groups excluding carboxylic acids is 2. The van der Waals surface area contributed by atoms with E-state index in [1.807, 2.05) is 44.9 Å². The van der Waals surface area contributed by atoms with Crippen molar-refractivity contribution in [3.63, 3.8) is 0 Å². The number of nitrogens with zero attached hydrogens (tertiary/aromatic N) is 4. The third-order valence-electron chi connectivity index (χ3n) is 7.19. The number of hydrogen-bond donors (Lipinski definition) is 1. The van der Waals surface area contributed by atoms with Gasteiger partial charge in [-0.1, -0.05) is 30.3 Å². The van der Waals surface area contributed by atoms with Crippen LogP contribution in [0, 0.1) is 5.41 Å². The van der Waals surface area contributed by atoms with Crippen molar-refractivity contribution < 1.29 is 37.4 Å². The number of amides is 2. The summed E-state index contributed by atoms with van der Waals surface area (Å²) in [4.78, 5) is 39.8. The van der Waals surface area contributed by atoms with Gasteiger partial charge in [0.05, 0.1) is 18.4 Å². The van der Waals surface area contributed by atoms with E-state index < -0.39 is 17.6 Å². The molecule has 0 unspecified atom stereocenters. The molecule has 1 aromatic carbocycles. The SMILES string of the molecule is COCCC(=O)N1C[C@@H](c2ccnn2C(C)C)[C@@]2(CCCN(Cc3ccccc3)C2=O)C1.O=C(O)C(F)(F)F. The number of halogens is 3. The van der Waals surface area contributed by atoms with Crippen molar-refractivity contribution in [1.29, 1.82) is 0 Å². The average Bonchev–Trinajstić information content (AvgIpc) is 3.52. The highest BCUT2D eigenvalue weighted by molar-refractivity contribution is 5.87. The summed E-state index contributed by atoms with van der Waals surface area (Å²) in [5.74, 6) is -2.61. The van der Waals surface area contributed by atoms with Crippen LogP contribution in [0.5, 0.6) is 0 Å². The molecule has 0 saturated carbocycles. The minimum Gasteiger partial charge on any atom is -0.475 e. The second-order valence-corrected chi connectivity index (χ2v) is 10.1. The Morgan fingerprint density at radius 1 is 1.21 bits per heavy atom. The Morgan fingerprint density at radius 3 is 2.46 bits per heavy atom. The van der Waals surface area contributed by atoms with E-state index in [4.69, 9.17) is 14.6 Å². The van der Waals surface area contributed by atoms with Gasteiger partial charge in [0, 0.05) is 57.1 Å². The van der Waals surface area contributed by atoms with Crippen LogP contribution in [0.15, 0.2) is 42.6 Å². The maximum absolute atomic E-state index is 14.1. The lowest BCUT2D eigenvalue weighted by Crippen LogP contribution is -2.52. The van der Waals surface area contributed by atoms with Gasteiger partial charge in [-0.05, 0) is 38.3 Å². The molecule has 2 aliphatic heterocycles. The number of benzene rings is 1. The maximum atomic E-state index is 14.1. The molecule has 39 heavy (non-hydrogen) atoms. The van der Waals surface area contributed by atoms with Crippen molar-refractivity contribution in [1.82, 2.24) is 19.6 Å². The van der Waals surface area contributed by atoms with Crippen LogP contribution in [-0.4, -0.2) is 82.0 Å². The first-order valence-electron chi connectivity index (χ1n) is 12.8. The zero-order valence-electron chi connectivity index (χ0n) is 22.4. The van der Waals surface area contributed by atoms with E-state index in [1.54, 1.807) is 7.11 Å². The lowest BCUT2D eigenvalue weighted by molar-refractivity contribution is -0.192. The van der Waals surface area contributed by atoms with Crippen molar-refractivity contribution in [2.24, 2.45) is 5.41 Å².